The quantitative estimate of drug-likeness (QED) is 0.809. The van der Waals surface area contributed by atoms with Crippen molar-refractivity contribution in [2.24, 2.45) is 5.92 Å². The zero-order chi connectivity index (χ0) is 19.5. The molecule has 1 fully saturated rings. The Morgan fingerprint density at radius 3 is 2.46 bits per heavy atom. The molecule has 0 aliphatic carbocycles. The third kappa shape index (κ3) is 4.81. The van der Waals surface area contributed by atoms with Gasteiger partial charge in [-0.1, -0.05) is 13.8 Å². The molecule has 2 heterocycles. The van der Waals surface area contributed by atoms with Gasteiger partial charge >= 0.3 is 5.97 Å². The zero-order valence-electron chi connectivity index (χ0n) is 16.7. The van der Waals surface area contributed by atoms with E-state index in [1.807, 2.05) is 39.5 Å². The molecule has 0 unspecified atom stereocenters. The van der Waals surface area contributed by atoms with Gasteiger partial charge in [0, 0.05) is 18.9 Å². The standard InChI is InChI=1S/C20H32N2O4/c1-14(2)17(18(23)26-19(3,4)5)22-11-12-25-13-16(22)20(6,24)15-7-9-21-10-8-15/h7-10,14,16-17,24H,11-13H2,1-6H3/t16-,17+,20+/m1/s1. The number of hydrogen-bond donors (Lipinski definition) is 1. The molecule has 0 aromatic carbocycles. The molecule has 0 saturated carbocycles. The van der Waals surface area contributed by atoms with E-state index in [0.717, 1.165) is 5.56 Å². The van der Waals surface area contributed by atoms with Crippen molar-refractivity contribution in [1.82, 2.24) is 9.88 Å². The van der Waals surface area contributed by atoms with Crippen molar-refractivity contribution >= 4 is 5.97 Å². The van der Waals surface area contributed by atoms with Crippen LogP contribution in [-0.4, -0.2) is 58.4 Å². The Labute approximate surface area is 156 Å². The van der Waals surface area contributed by atoms with Gasteiger partial charge in [0.15, 0.2) is 0 Å². The first-order valence-corrected chi connectivity index (χ1v) is 9.23. The number of morpholine rings is 1. The van der Waals surface area contributed by atoms with Gasteiger partial charge in [0.2, 0.25) is 0 Å². The molecule has 6 heteroatoms. The lowest BCUT2D eigenvalue weighted by Crippen LogP contribution is -2.62. The van der Waals surface area contributed by atoms with Gasteiger partial charge in [-0.2, -0.15) is 0 Å². The van der Waals surface area contributed by atoms with Gasteiger partial charge in [-0.3, -0.25) is 14.7 Å². The third-order valence-corrected chi connectivity index (χ3v) is 4.72. The Morgan fingerprint density at radius 2 is 1.92 bits per heavy atom. The summed E-state index contributed by atoms with van der Waals surface area (Å²) in [5.74, 6) is -0.219. The molecule has 6 nitrogen and oxygen atoms in total. The highest BCUT2D eigenvalue weighted by Gasteiger charge is 2.46. The summed E-state index contributed by atoms with van der Waals surface area (Å²) in [5.41, 5.74) is -0.988. The van der Waals surface area contributed by atoms with Crippen molar-refractivity contribution in [2.75, 3.05) is 19.8 Å². The average Bonchev–Trinajstić information content (AvgIpc) is 2.54. The van der Waals surface area contributed by atoms with E-state index >= 15 is 0 Å². The monoisotopic (exact) mass is 364 g/mol. The first-order chi connectivity index (χ1) is 12.0. The van der Waals surface area contributed by atoms with Crippen LogP contribution in [0.3, 0.4) is 0 Å². The van der Waals surface area contributed by atoms with Crippen molar-refractivity contribution in [2.45, 2.75) is 64.8 Å². The van der Waals surface area contributed by atoms with E-state index in [-0.39, 0.29) is 17.9 Å². The molecule has 3 atom stereocenters. The van der Waals surface area contributed by atoms with Gasteiger partial charge in [-0.05, 0) is 51.3 Å². The number of aliphatic hydroxyl groups is 1. The molecule has 1 aromatic rings. The van der Waals surface area contributed by atoms with Gasteiger partial charge < -0.3 is 14.6 Å². The lowest BCUT2D eigenvalue weighted by atomic mass is 9.85. The van der Waals surface area contributed by atoms with E-state index in [1.165, 1.54) is 0 Å². The molecule has 1 aromatic heterocycles. The Bertz CT molecular complexity index is 596. The predicted octanol–water partition coefficient (Wildman–Crippen LogP) is 2.36. The smallest absolute Gasteiger partial charge is 0.324 e. The molecule has 0 bridgehead atoms. The number of carbonyl (C=O) groups excluding carboxylic acids is 1. The lowest BCUT2D eigenvalue weighted by molar-refractivity contribution is -0.175. The van der Waals surface area contributed by atoms with E-state index in [2.05, 4.69) is 4.98 Å². The number of nitrogens with zero attached hydrogens (tertiary/aromatic N) is 2. The molecule has 1 N–H and O–H groups in total. The zero-order valence-corrected chi connectivity index (χ0v) is 16.7. The molecule has 0 spiro atoms. The van der Waals surface area contributed by atoms with E-state index in [1.54, 1.807) is 31.5 Å². The summed E-state index contributed by atoms with van der Waals surface area (Å²) in [4.78, 5) is 19.0. The number of pyridine rings is 1. The highest BCUT2D eigenvalue weighted by Crippen LogP contribution is 2.33. The Hall–Kier alpha value is -1.50. The molecule has 26 heavy (non-hydrogen) atoms. The largest absolute Gasteiger partial charge is 0.459 e. The van der Waals surface area contributed by atoms with Crippen LogP contribution in [0.2, 0.25) is 0 Å². The summed E-state index contributed by atoms with van der Waals surface area (Å²) >= 11 is 0. The fourth-order valence-electron chi connectivity index (χ4n) is 3.47. The van der Waals surface area contributed by atoms with E-state index in [0.29, 0.717) is 19.8 Å². The van der Waals surface area contributed by atoms with Gasteiger partial charge in [0.25, 0.3) is 0 Å². The minimum absolute atomic E-state index is 0.0405. The Kier molecular flexibility index (Phi) is 6.42. The summed E-state index contributed by atoms with van der Waals surface area (Å²) in [6, 6.07) is 2.78. The topological polar surface area (TPSA) is 71.9 Å². The average molecular weight is 364 g/mol. The van der Waals surface area contributed by atoms with Crippen LogP contribution in [0.15, 0.2) is 24.5 Å². The first kappa shape index (κ1) is 20.8. The summed E-state index contributed by atoms with van der Waals surface area (Å²) in [7, 11) is 0. The van der Waals surface area contributed by atoms with Crippen molar-refractivity contribution in [3.05, 3.63) is 30.1 Å². The molecule has 1 aliphatic rings. The molecule has 1 aliphatic heterocycles. The minimum Gasteiger partial charge on any atom is -0.459 e. The maximum Gasteiger partial charge on any atom is 0.324 e. The number of carbonyl (C=O) groups is 1. The van der Waals surface area contributed by atoms with Gasteiger partial charge in [-0.25, -0.2) is 0 Å². The van der Waals surface area contributed by atoms with Crippen LogP contribution < -0.4 is 0 Å². The van der Waals surface area contributed by atoms with Crippen molar-refractivity contribution in [3.8, 4) is 0 Å². The maximum absolute atomic E-state index is 12.9. The van der Waals surface area contributed by atoms with Gasteiger partial charge in [0.05, 0.1) is 19.3 Å². The van der Waals surface area contributed by atoms with Crippen LogP contribution >= 0.6 is 0 Å². The number of rotatable bonds is 5. The van der Waals surface area contributed by atoms with E-state index < -0.39 is 17.2 Å². The van der Waals surface area contributed by atoms with Crippen LogP contribution in [0.5, 0.6) is 0 Å². The first-order valence-electron chi connectivity index (χ1n) is 9.23. The maximum atomic E-state index is 12.9. The van der Waals surface area contributed by atoms with Crippen LogP contribution in [0.1, 0.15) is 47.1 Å². The molecule has 1 saturated heterocycles. The van der Waals surface area contributed by atoms with Gasteiger partial charge in [-0.15, -0.1) is 0 Å². The fourth-order valence-corrected chi connectivity index (χ4v) is 3.47. The molecular weight excluding hydrogens is 332 g/mol. The summed E-state index contributed by atoms with van der Waals surface area (Å²) in [6.07, 6.45) is 3.32. The predicted molar refractivity (Wildman–Crippen MR) is 99.6 cm³/mol. The van der Waals surface area contributed by atoms with Crippen LogP contribution in [-0.2, 0) is 19.9 Å². The SMILES string of the molecule is CC(C)[C@@H](C(=O)OC(C)(C)C)N1CCOC[C@@H]1[C@@](C)(O)c1ccncc1. The lowest BCUT2D eigenvalue weighted by Gasteiger charge is -2.47. The molecule has 146 valence electrons. The van der Waals surface area contributed by atoms with Crippen molar-refractivity contribution < 1.29 is 19.4 Å². The fraction of sp³-hybridized carbons (Fsp3) is 0.700. The van der Waals surface area contributed by atoms with E-state index in [9.17, 15) is 9.90 Å². The van der Waals surface area contributed by atoms with Crippen molar-refractivity contribution in [3.63, 3.8) is 0 Å². The Morgan fingerprint density at radius 1 is 1.31 bits per heavy atom. The summed E-state index contributed by atoms with van der Waals surface area (Å²) < 4.78 is 11.3. The number of ether oxygens (including phenoxy) is 2. The summed E-state index contributed by atoms with van der Waals surface area (Å²) in [5, 5.41) is 11.3. The number of hydrogen-bond acceptors (Lipinski definition) is 6. The van der Waals surface area contributed by atoms with E-state index in [4.69, 9.17) is 9.47 Å². The normalized spacial score (nSPS) is 22.7. The van der Waals surface area contributed by atoms with Crippen molar-refractivity contribution in [1.29, 1.82) is 0 Å². The highest BCUT2D eigenvalue weighted by molar-refractivity contribution is 5.76. The second-order valence-electron chi connectivity index (χ2n) is 8.43. The molecule has 2 rings (SSSR count). The van der Waals surface area contributed by atoms with Gasteiger partial charge in [0.1, 0.15) is 17.2 Å². The number of esters is 1. The minimum atomic E-state index is -1.18. The van der Waals surface area contributed by atoms with Crippen LogP contribution in [0.25, 0.3) is 0 Å². The third-order valence-electron chi connectivity index (χ3n) is 4.72. The summed E-state index contributed by atoms with van der Waals surface area (Å²) in [6.45, 7) is 12.8. The molecule has 0 radical (unpaired) electrons. The Balaban J connectivity index is 2.34. The highest BCUT2D eigenvalue weighted by atomic mass is 16.6. The number of aromatic nitrogens is 1. The van der Waals surface area contributed by atoms with Crippen LogP contribution in [0.4, 0.5) is 0 Å². The van der Waals surface area contributed by atoms with Crippen LogP contribution in [0, 0.1) is 5.92 Å². The molecule has 0 amide bonds. The second-order valence-corrected chi connectivity index (χ2v) is 8.43. The second kappa shape index (κ2) is 8.03. The molecular formula is C20H32N2O4.